The van der Waals surface area contributed by atoms with Crippen molar-refractivity contribution < 1.29 is 9.90 Å². The molecule has 0 aliphatic carbocycles. The van der Waals surface area contributed by atoms with Crippen molar-refractivity contribution in [2.45, 2.75) is 12.6 Å². The summed E-state index contributed by atoms with van der Waals surface area (Å²) in [5.74, 6) is 0.00891. The molecule has 0 aromatic heterocycles. The number of anilines is 1. The van der Waals surface area contributed by atoms with E-state index in [9.17, 15) is 9.90 Å². The van der Waals surface area contributed by atoms with Gasteiger partial charge in [0.25, 0.3) is 0 Å². The van der Waals surface area contributed by atoms with Crippen LogP contribution in [-0.4, -0.2) is 41.0 Å². The second-order valence-corrected chi connectivity index (χ2v) is 6.74. The van der Waals surface area contributed by atoms with Gasteiger partial charge in [0.2, 0.25) is 5.91 Å². The predicted octanol–water partition coefficient (Wildman–Crippen LogP) is 3.49. The number of aliphatic hydroxyl groups is 1. The molecule has 0 aliphatic heterocycles. The number of amides is 1. The van der Waals surface area contributed by atoms with E-state index in [1.807, 2.05) is 59.5 Å². The van der Waals surface area contributed by atoms with E-state index in [0.717, 1.165) is 15.7 Å². The van der Waals surface area contributed by atoms with Crippen molar-refractivity contribution in [3.05, 3.63) is 64.6 Å². The van der Waals surface area contributed by atoms with Crippen molar-refractivity contribution in [1.82, 2.24) is 4.90 Å². The van der Waals surface area contributed by atoms with Crippen LogP contribution in [-0.2, 0) is 11.3 Å². The van der Waals surface area contributed by atoms with E-state index in [1.165, 1.54) is 0 Å². The van der Waals surface area contributed by atoms with Crippen molar-refractivity contribution in [3.63, 3.8) is 0 Å². The minimum Gasteiger partial charge on any atom is -0.391 e. The quantitative estimate of drug-likeness (QED) is 0.654. The van der Waals surface area contributed by atoms with Gasteiger partial charge < -0.3 is 10.4 Å². The van der Waals surface area contributed by atoms with Gasteiger partial charge in [0, 0.05) is 29.1 Å². The zero-order chi connectivity index (χ0) is 17.4. The molecule has 4 nitrogen and oxygen atoms in total. The first-order chi connectivity index (χ1) is 11.6. The lowest BCUT2D eigenvalue weighted by molar-refractivity contribution is -0.117. The first kappa shape index (κ1) is 18.9. The Balaban J connectivity index is 1.98. The van der Waals surface area contributed by atoms with Gasteiger partial charge in [-0.3, -0.25) is 9.69 Å². The Morgan fingerprint density at radius 2 is 1.83 bits per heavy atom. The van der Waals surface area contributed by atoms with E-state index in [1.54, 1.807) is 0 Å². The number of rotatable bonds is 8. The Kier molecular flexibility index (Phi) is 7.72. The van der Waals surface area contributed by atoms with Gasteiger partial charge in [0.05, 0.1) is 12.6 Å². The van der Waals surface area contributed by atoms with E-state index in [0.29, 0.717) is 13.1 Å². The van der Waals surface area contributed by atoms with E-state index in [2.05, 4.69) is 21.2 Å². The lowest BCUT2D eigenvalue weighted by atomic mass is 10.2. The van der Waals surface area contributed by atoms with Crippen molar-refractivity contribution in [1.29, 1.82) is 0 Å². The van der Waals surface area contributed by atoms with E-state index in [-0.39, 0.29) is 18.3 Å². The highest BCUT2D eigenvalue weighted by atomic mass is 79.9. The van der Waals surface area contributed by atoms with E-state index < -0.39 is 6.10 Å². The maximum absolute atomic E-state index is 12.3. The highest BCUT2D eigenvalue weighted by Crippen LogP contribution is 2.14. The fourth-order valence-electron chi connectivity index (χ4n) is 2.31. The summed E-state index contributed by atoms with van der Waals surface area (Å²) in [5, 5.41) is 12.7. The summed E-state index contributed by atoms with van der Waals surface area (Å²) in [6.45, 7) is 1.09. The summed E-state index contributed by atoms with van der Waals surface area (Å²) >= 11 is 9.06. The molecule has 0 radical (unpaired) electrons. The molecule has 0 bridgehead atoms. The maximum Gasteiger partial charge on any atom is 0.238 e. The minimum atomic E-state index is -0.671. The molecule has 0 heterocycles. The molecule has 0 saturated heterocycles. The number of carbonyl (C=O) groups is 1. The highest BCUT2D eigenvalue weighted by molar-refractivity contribution is 9.10. The molecule has 0 aliphatic rings. The monoisotopic (exact) mass is 410 g/mol. The van der Waals surface area contributed by atoms with Crippen LogP contribution in [0.1, 0.15) is 5.56 Å². The topological polar surface area (TPSA) is 52.6 Å². The molecule has 0 saturated carbocycles. The zero-order valence-corrected chi connectivity index (χ0v) is 15.5. The minimum absolute atomic E-state index is 0.130. The van der Waals surface area contributed by atoms with Crippen LogP contribution >= 0.6 is 27.5 Å². The van der Waals surface area contributed by atoms with Gasteiger partial charge in [-0.05, 0) is 29.8 Å². The number of halogens is 2. The largest absolute Gasteiger partial charge is 0.391 e. The number of hydrogen-bond acceptors (Lipinski definition) is 3. The normalized spacial score (nSPS) is 12.2. The lowest BCUT2D eigenvalue weighted by Crippen LogP contribution is -2.38. The molecular weight excluding hydrogens is 392 g/mol. The van der Waals surface area contributed by atoms with Crippen LogP contribution in [0.25, 0.3) is 0 Å². The fraction of sp³-hybridized carbons (Fsp3) is 0.278. The van der Waals surface area contributed by atoms with E-state index in [4.69, 9.17) is 11.6 Å². The molecule has 1 amide bonds. The number of nitrogens with one attached hydrogen (secondary N) is 1. The van der Waals surface area contributed by atoms with Crippen LogP contribution in [0.2, 0.25) is 0 Å². The Morgan fingerprint density at radius 3 is 2.46 bits per heavy atom. The predicted molar refractivity (Wildman–Crippen MR) is 101 cm³/mol. The van der Waals surface area contributed by atoms with Crippen LogP contribution in [0, 0.1) is 0 Å². The molecule has 2 aromatic rings. The van der Waals surface area contributed by atoms with E-state index >= 15 is 0 Å². The molecule has 2 rings (SSSR count). The summed E-state index contributed by atoms with van der Waals surface area (Å²) in [4.78, 5) is 14.2. The van der Waals surface area contributed by atoms with Crippen molar-refractivity contribution in [2.75, 3.05) is 24.3 Å². The fourth-order valence-corrected chi connectivity index (χ4v) is 2.67. The Labute approximate surface area is 155 Å². The summed E-state index contributed by atoms with van der Waals surface area (Å²) in [6.07, 6.45) is -0.671. The first-order valence-electron chi connectivity index (χ1n) is 7.62. The van der Waals surface area contributed by atoms with Crippen molar-refractivity contribution in [3.8, 4) is 0 Å². The van der Waals surface area contributed by atoms with Gasteiger partial charge in [-0.15, -0.1) is 11.6 Å². The van der Waals surface area contributed by atoms with Crippen LogP contribution in [0.15, 0.2) is 59.1 Å². The van der Waals surface area contributed by atoms with Crippen LogP contribution < -0.4 is 5.32 Å². The number of carbonyl (C=O) groups excluding carboxylic acids is 1. The molecule has 0 spiro atoms. The average Bonchev–Trinajstić information content (AvgIpc) is 2.57. The Hall–Kier alpha value is -1.40. The third-order valence-electron chi connectivity index (χ3n) is 3.39. The standard InChI is InChI=1S/C18H20BrClN2O2/c19-15-6-8-16(9-7-15)21-18(24)13-22(12-17(23)10-20)11-14-4-2-1-3-5-14/h1-9,17,23H,10-13H2,(H,21,24)/t17-/m1/s1. The summed E-state index contributed by atoms with van der Waals surface area (Å²) in [6, 6.07) is 17.2. The van der Waals surface area contributed by atoms with Gasteiger partial charge in [-0.25, -0.2) is 0 Å². The lowest BCUT2D eigenvalue weighted by Gasteiger charge is -2.24. The Morgan fingerprint density at radius 1 is 1.17 bits per heavy atom. The molecule has 1 atom stereocenters. The third-order valence-corrected chi connectivity index (χ3v) is 4.28. The number of hydrogen-bond donors (Lipinski definition) is 2. The number of nitrogens with zero attached hydrogens (tertiary/aromatic N) is 1. The van der Waals surface area contributed by atoms with Gasteiger partial charge in [-0.2, -0.15) is 0 Å². The van der Waals surface area contributed by atoms with Crippen LogP contribution in [0.4, 0.5) is 5.69 Å². The van der Waals surface area contributed by atoms with Gasteiger partial charge in [-0.1, -0.05) is 46.3 Å². The van der Waals surface area contributed by atoms with Gasteiger partial charge in [0.15, 0.2) is 0 Å². The second kappa shape index (κ2) is 9.79. The van der Waals surface area contributed by atoms with Crippen LogP contribution in [0.5, 0.6) is 0 Å². The molecule has 2 N–H and O–H groups in total. The molecule has 6 heteroatoms. The molecule has 128 valence electrons. The molecular formula is C18H20BrClN2O2. The number of aliphatic hydroxyl groups excluding tert-OH is 1. The zero-order valence-electron chi connectivity index (χ0n) is 13.2. The molecule has 24 heavy (non-hydrogen) atoms. The second-order valence-electron chi connectivity index (χ2n) is 5.52. The smallest absolute Gasteiger partial charge is 0.238 e. The van der Waals surface area contributed by atoms with Gasteiger partial charge >= 0.3 is 0 Å². The van der Waals surface area contributed by atoms with Gasteiger partial charge in [0.1, 0.15) is 0 Å². The van der Waals surface area contributed by atoms with Crippen molar-refractivity contribution in [2.24, 2.45) is 0 Å². The van der Waals surface area contributed by atoms with Crippen LogP contribution in [0.3, 0.4) is 0 Å². The molecule has 2 aromatic carbocycles. The van der Waals surface area contributed by atoms with Crippen molar-refractivity contribution >= 4 is 39.1 Å². The SMILES string of the molecule is O=C(CN(Cc1ccccc1)C[C@H](O)CCl)Nc1ccc(Br)cc1. The number of alkyl halides is 1. The average molecular weight is 412 g/mol. The highest BCUT2D eigenvalue weighted by Gasteiger charge is 2.15. The summed E-state index contributed by atoms with van der Waals surface area (Å²) in [7, 11) is 0. The Bertz CT molecular complexity index is 637. The summed E-state index contributed by atoms with van der Waals surface area (Å²) < 4.78 is 0.955. The number of benzene rings is 2. The molecule has 0 fully saturated rings. The summed E-state index contributed by atoms with van der Waals surface area (Å²) in [5.41, 5.74) is 1.82. The molecule has 0 unspecified atom stereocenters. The first-order valence-corrected chi connectivity index (χ1v) is 8.95. The maximum atomic E-state index is 12.3. The third kappa shape index (κ3) is 6.61.